The van der Waals surface area contributed by atoms with Crippen molar-refractivity contribution in [2.24, 2.45) is 0 Å². The van der Waals surface area contributed by atoms with E-state index in [-0.39, 0.29) is 6.10 Å². The highest BCUT2D eigenvalue weighted by Gasteiger charge is 2.10. The SMILES string of the molecule is CCCC(O)c1ccn(Cc2nc(CC)no2)c1. The number of rotatable bonds is 6. The zero-order valence-corrected chi connectivity index (χ0v) is 10.8. The van der Waals surface area contributed by atoms with Crippen LogP contribution in [0.25, 0.3) is 0 Å². The van der Waals surface area contributed by atoms with E-state index in [0.717, 1.165) is 30.7 Å². The molecule has 0 saturated heterocycles. The van der Waals surface area contributed by atoms with Crippen LogP contribution >= 0.6 is 0 Å². The maximum Gasteiger partial charge on any atom is 0.246 e. The van der Waals surface area contributed by atoms with Crippen molar-refractivity contribution in [3.63, 3.8) is 0 Å². The Bertz CT molecular complexity index is 490. The van der Waals surface area contributed by atoms with Crippen molar-refractivity contribution in [3.8, 4) is 0 Å². The van der Waals surface area contributed by atoms with Gasteiger partial charge in [0, 0.05) is 18.8 Å². The van der Waals surface area contributed by atoms with Gasteiger partial charge in [0.25, 0.3) is 0 Å². The first kappa shape index (κ1) is 12.8. The van der Waals surface area contributed by atoms with Crippen LogP contribution in [0.1, 0.15) is 50.1 Å². The maximum atomic E-state index is 9.88. The zero-order chi connectivity index (χ0) is 13.0. The fourth-order valence-corrected chi connectivity index (χ4v) is 1.85. The maximum absolute atomic E-state index is 9.88. The molecule has 0 aromatic carbocycles. The molecule has 0 radical (unpaired) electrons. The van der Waals surface area contributed by atoms with Crippen molar-refractivity contribution in [1.29, 1.82) is 0 Å². The van der Waals surface area contributed by atoms with Gasteiger partial charge in [-0.05, 0) is 18.1 Å². The molecule has 98 valence electrons. The summed E-state index contributed by atoms with van der Waals surface area (Å²) in [4.78, 5) is 4.25. The molecule has 0 aliphatic rings. The Hall–Kier alpha value is -1.62. The topological polar surface area (TPSA) is 64.1 Å². The van der Waals surface area contributed by atoms with Crippen molar-refractivity contribution >= 4 is 0 Å². The molecule has 0 aliphatic heterocycles. The zero-order valence-electron chi connectivity index (χ0n) is 10.8. The molecule has 1 unspecified atom stereocenters. The van der Waals surface area contributed by atoms with Crippen LogP contribution in [-0.4, -0.2) is 19.8 Å². The van der Waals surface area contributed by atoms with Gasteiger partial charge in [-0.3, -0.25) is 0 Å². The fraction of sp³-hybridized carbons (Fsp3) is 0.538. The van der Waals surface area contributed by atoms with Crippen LogP contribution in [-0.2, 0) is 13.0 Å². The number of hydrogen-bond acceptors (Lipinski definition) is 4. The van der Waals surface area contributed by atoms with Gasteiger partial charge >= 0.3 is 0 Å². The predicted octanol–water partition coefficient (Wildman–Crippen LogP) is 2.32. The summed E-state index contributed by atoms with van der Waals surface area (Å²) in [6.07, 6.45) is 5.99. The molecular weight excluding hydrogens is 230 g/mol. The van der Waals surface area contributed by atoms with E-state index in [1.807, 2.05) is 30.0 Å². The molecule has 2 aromatic rings. The van der Waals surface area contributed by atoms with E-state index in [0.29, 0.717) is 12.4 Å². The van der Waals surface area contributed by atoms with Gasteiger partial charge in [-0.1, -0.05) is 25.4 Å². The third-order valence-electron chi connectivity index (χ3n) is 2.86. The predicted molar refractivity (Wildman–Crippen MR) is 67.1 cm³/mol. The summed E-state index contributed by atoms with van der Waals surface area (Å²) in [5.74, 6) is 1.32. The average Bonchev–Trinajstić information content (AvgIpc) is 2.99. The Labute approximate surface area is 106 Å². The molecule has 2 rings (SSSR count). The lowest BCUT2D eigenvalue weighted by molar-refractivity contribution is 0.166. The number of nitrogens with zero attached hydrogens (tertiary/aromatic N) is 3. The van der Waals surface area contributed by atoms with E-state index < -0.39 is 0 Å². The van der Waals surface area contributed by atoms with Crippen LogP contribution in [0.4, 0.5) is 0 Å². The number of aliphatic hydroxyl groups excluding tert-OH is 1. The molecule has 5 nitrogen and oxygen atoms in total. The van der Waals surface area contributed by atoms with Crippen LogP contribution in [0, 0.1) is 0 Å². The number of aromatic nitrogens is 3. The Morgan fingerprint density at radius 1 is 1.44 bits per heavy atom. The second-order valence-electron chi connectivity index (χ2n) is 4.38. The second-order valence-corrected chi connectivity index (χ2v) is 4.38. The van der Waals surface area contributed by atoms with Gasteiger partial charge in [0.05, 0.1) is 6.10 Å². The van der Waals surface area contributed by atoms with Crippen molar-refractivity contribution in [2.75, 3.05) is 0 Å². The van der Waals surface area contributed by atoms with Crippen molar-refractivity contribution in [1.82, 2.24) is 14.7 Å². The van der Waals surface area contributed by atoms with Gasteiger partial charge < -0.3 is 14.2 Å². The van der Waals surface area contributed by atoms with Gasteiger partial charge in [-0.25, -0.2) is 0 Å². The van der Waals surface area contributed by atoms with E-state index in [1.54, 1.807) is 0 Å². The first-order valence-electron chi connectivity index (χ1n) is 6.38. The second kappa shape index (κ2) is 5.82. The third-order valence-corrected chi connectivity index (χ3v) is 2.86. The van der Waals surface area contributed by atoms with E-state index in [4.69, 9.17) is 4.52 Å². The third kappa shape index (κ3) is 2.98. The summed E-state index contributed by atoms with van der Waals surface area (Å²) in [6, 6.07) is 1.93. The molecule has 5 heteroatoms. The van der Waals surface area contributed by atoms with E-state index >= 15 is 0 Å². The van der Waals surface area contributed by atoms with Crippen LogP contribution in [0.5, 0.6) is 0 Å². The summed E-state index contributed by atoms with van der Waals surface area (Å²) in [6.45, 7) is 4.60. The minimum Gasteiger partial charge on any atom is -0.388 e. The van der Waals surface area contributed by atoms with Gasteiger partial charge in [0.1, 0.15) is 6.54 Å². The molecule has 0 saturated carbocycles. The minimum absolute atomic E-state index is 0.384. The fourth-order valence-electron chi connectivity index (χ4n) is 1.85. The van der Waals surface area contributed by atoms with Crippen molar-refractivity contribution in [2.45, 2.75) is 45.8 Å². The highest BCUT2D eigenvalue weighted by Crippen LogP contribution is 2.18. The Kier molecular flexibility index (Phi) is 4.15. The van der Waals surface area contributed by atoms with Crippen LogP contribution < -0.4 is 0 Å². The summed E-state index contributed by atoms with van der Waals surface area (Å²) in [5.41, 5.74) is 0.937. The lowest BCUT2D eigenvalue weighted by Crippen LogP contribution is -1.98. The normalized spacial score (nSPS) is 12.8. The monoisotopic (exact) mass is 249 g/mol. The summed E-state index contributed by atoms with van der Waals surface area (Å²) < 4.78 is 7.08. The molecule has 2 aromatic heterocycles. The molecule has 1 N–H and O–H groups in total. The quantitative estimate of drug-likeness (QED) is 0.853. The Morgan fingerprint density at radius 3 is 2.94 bits per heavy atom. The number of aliphatic hydroxyl groups is 1. The lowest BCUT2D eigenvalue weighted by Gasteiger charge is -2.05. The molecule has 18 heavy (non-hydrogen) atoms. The van der Waals surface area contributed by atoms with Gasteiger partial charge in [0.2, 0.25) is 5.89 Å². The number of aryl methyl sites for hydroxylation is 1. The van der Waals surface area contributed by atoms with Gasteiger partial charge in [0.15, 0.2) is 5.82 Å². The first-order chi connectivity index (χ1) is 8.72. The van der Waals surface area contributed by atoms with Crippen molar-refractivity contribution < 1.29 is 9.63 Å². The number of hydrogen-bond donors (Lipinski definition) is 1. The highest BCUT2D eigenvalue weighted by molar-refractivity contribution is 5.14. The van der Waals surface area contributed by atoms with Gasteiger partial charge in [-0.15, -0.1) is 0 Å². The largest absolute Gasteiger partial charge is 0.388 e. The highest BCUT2D eigenvalue weighted by atomic mass is 16.5. The molecule has 2 heterocycles. The first-order valence-corrected chi connectivity index (χ1v) is 6.38. The van der Waals surface area contributed by atoms with Crippen LogP contribution in [0.15, 0.2) is 23.0 Å². The van der Waals surface area contributed by atoms with E-state index in [1.165, 1.54) is 0 Å². The molecule has 0 fully saturated rings. The van der Waals surface area contributed by atoms with Crippen LogP contribution in [0.2, 0.25) is 0 Å². The molecule has 1 atom stereocenters. The molecule has 0 amide bonds. The van der Waals surface area contributed by atoms with Crippen molar-refractivity contribution in [3.05, 3.63) is 35.7 Å². The lowest BCUT2D eigenvalue weighted by atomic mass is 10.1. The molecule has 0 bridgehead atoms. The van der Waals surface area contributed by atoms with E-state index in [2.05, 4.69) is 17.1 Å². The summed E-state index contributed by atoms with van der Waals surface area (Å²) in [5, 5.41) is 13.7. The smallest absolute Gasteiger partial charge is 0.246 e. The standard InChI is InChI=1S/C13H19N3O2/c1-3-5-11(17)10-6-7-16(8-10)9-13-14-12(4-2)15-18-13/h6-8,11,17H,3-5,9H2,1-2H3. The Morgan fingerprint density at radius 2 is 2.28 bits per heavy atom. The average molecular weight is 249 g/mol. The summed E-state index contributed by atoms with van der Waals surface area (Å²) >= 11 is 0. The van der Waals surface area contributed by atoms with Gasteiger partial charge in [-0.2, -0.15) is 4.98 Å². The molecular formula is C13H19N3O2. The minimum atomic E-state index is -0.384. The molecule has 0 spiro atoms. The molecule has 0 aliphatic carbocycles. The summed E-state index contributed by atoms with van der Waals surface area (Å²) in [7, 11) is 0. The Balaban J connectivity index is 2.01. The van der Waals surface area contributed by atoms with E-state index in [9.17, 15) is 5.11 Å². The van der Waals surface area contributed by atoms with Crippen LogP contribution in [0.3, 0.4) is 0 Å².